The second-order valence-electron chi connectivity index (χ2n) is 9.39. The maximum atomic E-state index is 13.7. The zero-order valence-corrected chi connectivity index (χ0v) is 23.5. The molecule has 4 aromatic rings. The maximum Gasteiger partial charge on any atom is 0.302 e. The fourth-order valence-corrected chi connectivity index (χ4v) is 4.99. The van der Waals surface area contributed by atoms with Gasteiger partial charge in [-0.1, -0.05) is 12.1 Å². The van der Waals surface area contributed by atoms with Gasteiger partial charge < -0.3 is 29.0 Å². The Morgan fingerprint density at radius 2 is 1.68 bits per heavy atom. The molecule has 0 aliphatic carbocycles. The summed E-state index contributed by atoms with van der Waals surface area (Å²) in [6, 6.07) is 14.6. The Morgan fingerprint density at radius 3 is 2.39 bits per heavy atom. The van der Waals surface area contributed by atoms with E-state index in [0.29, 0.717) is 52.8 Å². The van der Waals surface area contributed by atoms with Gasteiger partial charge in [0.15, 0.2) is 11.5 Å². The van der Waals surface area contributed by atoms with Crippen LogP contribution in [0.1, 0.15) is 36.6 Å². The zero-order valence-electron chi connectivity index (χ0n) is 23.5. The van der Waals surface area contributed by atoms with E-state index in [2.05, 4.69) is 9.97 Å². The average molecular weight is 558 g/mol. The van der Waals surface area contributed by atoms with Gasteiger partial charge in [0, 0.05) is 6.07 Å². The van der Waals surface area contributed by atoms with Crippen LogP contribution in [0.3, 0.4) is 0 Å². The number of carbonyl (C=O) groups excluding carboxylic acids is 2. The molecule has 1 atom stereocenters. The lowest BCUT2D eigenvalue weighted by molar-refractivity contribution is -0.132. The van der Waals surface area contributed by atoms with Gasteiger partial charge in [-0.2, -0.15) is 0 Å². The molecule has 10 heteroatoms. The molecule has 1 aliphatic heterocycles. The van der Waals surface area contributed by atoms with E-state index in [1.165, 1.54) is 19.1 Å². The van der Waals surface area contributed by atoms with Crippen molar-refractivity contribution in [1.82, 2.24) is 9.97 Å². The monoisotopic (exact) mass is 557 g/mol. The number of benzene rings is 3. The molecule has 1 unspecified atom stereocenters. The fraction of sp³-hybridized carbons (Fsp3) is 0.258. The molecule has 1 amide bonds. The van der Waals surface area contributed by atoms with E-state index in [4.69, 9.17) is 18.9 Å². The highest BCUT2D eigenvalue weighted by Gasteiger charge is 2.48. The number of hydrogen-bond acceptors (Lipinski definition) is 8. The zero-order chi connectivity index (χ0) is 29.3. The number of nitrogens with one attached hydrogen (secondary N) is 1. The van der Waals surface area contributed by atoms with Crippen molar-refractivity contribution >= 4 is 34.4 Å². The van der Waals surface area contributed by atoms with E-state index in [0.717, 1.165) is 5.56 Å². The average Bonchev–Trinajstić information content (AvgIpc) is 3.50. The molecule has 10 nitrogen and oxygen atoms in total. The number of aromatic amines is 1. The highest BCUT2D eigenvalue weighted by Crippen LogP contribution is 2.45. The lowest BCUT2D eigenvalue weighted by Gasteiger charge is -2.24. The molecule has 0 radical (unpaired) electrons. The van der Waals surface area contributed by atoms with Crippen molar-refractivity contribution < 1.29 is 33.6 Å². The Bertz CT molecular complexity index is 1670. The molecule has 0 saturated carbocycles. The third-order valence-electron chi connectivity index (χ3n) is 6.84. The summed E-state index contributed by atoms with van der Waals surface area (Å²) >= 11 is 0. The van der Waals surface area contributed by atoms with Crippen LogP contribution in [0.2, 0.25) is 0 Å². The van der Waals surface area contributed by atoms with Gasteiger partial charge in [-0.15, -0.1) is 0 Å². The Hall–Kier alpha value is -4.99. The van der Waals surface area contributed by atoms with Crippen LogP contribution in [0.4, 0.5) is 5.95 Å². The maximum absolute atomic E-state index is 13.7. The number of aliphatic hydroxyl groups excluding tert-OH is 1. The first-order valence-electron chi connectivity index (χ1n) is 13.2. The molecule has 212 valence electrons. The van der Waals surface area contributed by atoms with Crippen molar-refractivity contribution in [3.05, 3.63) is 76.9 Å². The number of anilines is 1. The van der Waals surface area contributed by atoms with E-state index >= 15 is 0 Å². The molecule has 5 rings (SSSR count). The van der Waals surface area contributed by atoms with Crippen LogP contribution in [-0.2, 0) is 9.59 Å². The lowest BCUT2D eigenvalue weighted by Crippen LogP contribution is -2.30. The van der Waals surface area contributed by atoms with Gasteiger partial charge in [-0.25, -0.2) is 4.98 Å². The number of carbonyl (C=O) groups is 2. The number of Topliss-reactive ketones (excluding diaryl/α,β-unsaturated/α-hetero) is 1. The lowest BCUT2D eigenvalue weighted by atomic mass is 9.94. The SMILES string of the molecule is CCOc1ccc(/C(O)=C2\C(=O)C(=O)N(c3nc4ccc(C)cc4[nH]3)C2c2ccc(OC)c(OC)c2)c(OCC)c1. The van der Waals surface area contributed by atoms with Gasteiger partial charge in [0.05, 0.1) is 55.6 Å². The van der Waals surface area contributed by atoms with Crippen LogP contribution >= 0.6 is 0 Å². The molecular weight excluding hydrogens is 526 g/mol. The summed E-state index contributed by atoms with van der Waals surface area (Å²) in [7, 11) is 3.01. The minimum absolute atomic E-state index is 0.121. The quantitative estimate of drug-likeness (QED) is 0.161. The molecule has 0 spiro atoms. The Morgan fingerprint density at radius 1 is 0.927 bits per heavy atom. The van der Waals surface area contributed by atoms with E-state index in [1.54, 1.807) is 36.4 Å². The number of ketones is 1. The van der Waals surface area contributed by atoms with Crippen LogP contribution in [-0.4, -0.2) is 54.2 Å². The van der Waals surface area contributed by atoms with Crippen molar-refractivity contribution in [1.29, 1.82) is 0 Å². The first kappa shape index (κ1) is 27.6. The summed E-state index contributed by atoms with van der Waals surface area (Å²) in [5, 5.41) is 11.7. The van der Waals surface area contributed by atoms with Gasteiger partial charge in [-0.05, 0) is 68.3 Å². The van der Waals surface area contributed by atoms with Gasteiger partial charge in [0.2, 0.25) is 5.95 Å². The summed E-state index contributed by atoms with van der Waals surface area (Å²) < 4.78 is 22.3. The molecule has 2 heterocycles. The second kappa shape index (κ2) is 11.2. The number of methoxy groups -OCH3 is 2. The molecule has 1 aliphatic rings. The summed E-state index contributed by atoms with van der Waals surface area (Å²) in [6.45, 7) is 6.36. The highest BCUT2D eigenvalue weighted by molar-refractivity contribution is 6.51. The number of amides is 1. The molecular formula is C31H31N3O7. The third-order valence-corrected chi connectivity index (χ3v) is 6.84. The van der Waals surface area contributed by atoms with Crippen molar-refractivity contribution in [2.75, 3.05) is 32.3 Å². The predicted octanol–water partition coefficient (Wildman–Crippen LogP) is 5.31. The van der Waals surface area contributed by atoms with Crippen molar-refractivity contribution in [2.45, 2.75) is 26.8 Å². The summed E-state index contributed by atoms with van der Waals surface area (Å²) in [5.74, 6) is -0.201. The number of imidazole rings is 1. The summed E-state index contributed by atoms with van der Waals surface area (Å²) in [4.78, 5) is 36.4. The van der Waals surface area contributed by atoms with Gasteiger partial charge in [-0.3, -0.25) is 14.5 Å². The van der Waals surface area contributed by atoms with E-state index in [1.807, 2.05) is 39.0 Å². The summed E-state index contributed by atoms with van der Waals surface area (Å²) in [6.07, 6.45) is 0. The first-order valence-corrected chi connectivity index (χ1v) is 13.2. The minimum Gasteiger partial charge on any atom is -0.507 e. The Kier molecular flexibility index (Phi) is 7.56. The third kappa shape index (κ3) is 4.93. The number of hydrogen-bond donors (Lipinski definition) is 2. The van der Waals surface area contributed by atoms with E-state index < -0.39 is 17.7 Å². The predicted molar refractivity (Wildman–Crippen MR) is 154 cm³/mol. The molecule has 41 heavy (non-hydrogen) atoms. The van der Waals surface area contributed by atoms with Crippen LogP contribution in [0.5, 0.6) is 23.0 Å². The Balaban J connectivity index is 1.75. The largest absolute Gasteiger partial charge is 0.507 e. The Labute approximate surface area is 237 Å². The second-order valence-corrected chi connectivity index (χ2v) is 9.39. The standard InChI is InChI=1S/C31H31N3O7/c1-6-40-19-10-11-20(24(16-19)41-7-2)28(35)26-27(18-9-13-23(38-4)25(15-18)39-5)34(30(37)29(26)36)31-32-21-12-8-17(3)14-22(21)33-31/h8-16,27,35H,6-7H2,1-5H3,(H,32,33)/b28-26+. The molecule has 2 N–H and O–H groups in total. The number of aryl methyl sites for hydroxylation is 1. The van der Waals surface area contributed by atoms with Gasteiger partial charge in [0.1, 0.15) is 17.3 Å². The van der Waals surface area contributed by atoms with Gasteiger partial charge >= 0.3 is 5.91 Å². The highest BCUT2D eigenvalue weighted by atomic mass is 16.5. The molecule has 1 saturated heterocycles. The molecule has 1 aromatic heterocycles. The number of aromatic nitrogens is 2. The molecule has 3 aromatic carbocycles. The van der Waals surface area contributed by atoms with E-state index in [9.17, 15) is 14.7 Å². The number of nitrogens with zero attached hydrogens (tertiary/aromatic N) is 2. The number of aliphatic hydroxyl groups is 1. The molecule has 0 bridgehead atoms. The van der Waals surface area contributed by atoms with Gasteiger partial charge in [0.25, 0.3) is 5.78 Å². The molecule has 1 fully saturated rings. The van der Waals surface area contributed by atoms with Crippen molar-refractivity contribution in [3.63, 3.8) is 0 Å². The van der Waals surface area contributed by atoms with E-state index in [-0.39, 0.29) is 22.8 Å². The smallest absolute Gasteiger partial charge is 0.302 e. The number of ether oxygens (including phenoxy) is 4. The normalized spacial score (nSPS) is 16.3. The van der Waals surface area contributed by atoms with Crippen LogP contribution in [0.25, 0.3) is 16.8 Å². The minimum atomic E-state index is -1.04. The van der Waals surface area contributed by atoms with Crippen molar-refractivity contribution in [2.24, 2.45) is 0 Å². The van der Waals surface area contributed by atoms with Crippen LogP contribution < -0.4 is 23.8 Å². The summed E-state index contributed by atoms with van der Waals surface area (Å²) in [5.41, 5.74) is 2.97. The first-order chi connectivity index (χ1) is 19.8. The van der Waals surface area contributed by atoms with Crippen molar-refractivity contribution in [3.8, 4) is 23.0 Å². The topological polar surface area (TPSA) is 123 Å². The number of rotatable bonds is 9. The number of H-pyrrole nitrogens is 1. The fourth-order valence-electron chi connectivity index (χ4n) is 4.99. The van der Waals surface area contributed by atoms with Crippen LogP contribution in [0, 0.1) is 6.92 Å². The van der Waals surface area contributed by atoms with Crippen LogP contribution in [0.15, 0.2) is 60.2 Å². The number of fused-ring (bicyclic) bond motifs is 1.